The van der Waals surface area contributed by atoms with Crippen molar-refractivity contribution in [1.82, 2.24) is 15.1 Å². The van der Waals surface area contributed by atoms with Crippen LogP contribution in [0, 0.1) is 0 Å². The van der Waals surface area contributed by atoms with Gasteiger partial charge >= 0.3 is 0 Å². The molecule has 1 aromatic heterocycles. The van der Waals surface area contributed by atoms with Gasteiger partial charge in [-0.05, 0) is 31.9 Å². The van der Waals surface area contributed by atoms with Crippen LogP contribution in [0.25, 0.3) is 0 Å². The Bertz CT molecular complexity index is 374. The molecule has 0 fully saturated rings. The maximum Gasteiger partial charge on any atom is 0.0640 e. The zero-order valence-electron chi connectivity index (χ0n) is 14.4. The Balaban J connectivity index is 2.58. The monoisotopic (exact) mass is 311 g/mol. The first-order valence-electron chi connectivity index (χ1n) is 8.53. The van der Waals surface area contributed by atoms with Crippen molar-refractivity contribution in [2.24, 2.45) is 0 Å². The highest BCUT2D eigenvalue weighted by Crippen LogP contribution is 2.18. The second-order valence-electron chi connectivity index (χ2n) is 5.77. The van der Waals surface area contributed by atoms with Gasteiger partial charge in [-0.3, -0.25) is 4.68 Å². The normalized spacial score (nSPS) is 14.6. The molecule has 2 unspecified atom stereocenters. The van der Waals surface area contributed by atoms with Gasteiger partial charge in [-0.15, -0.1) is 0 Å². The molecular formula is C17H33N3S. The summed E-state index contributed by atoms with van der Waals surface area (Å²) < 4.78 is 2.15. The number of aromatic nitrogens is 2. The molecule has 1 heterocycles. The van der Waals surface area contributed by atoms with Gasteiger partial charge in [0.15, 0.2) is 0 Å². The zero-order chi connectivity index (χ0) is 15.7. The van der Waals surface area contributed by atoms with E-state index in [4.69, 9.17) is 5.10 Å². The number of rotatable bonds is 11. The van der Waals surface area contributed by atoms with Gasteiger partial charge in [0.25, 0.3) is 0 Å². The average Bonchev–Trinajstić information content (AvgIpc) is 2.94. The van der Waals surface area contributed by atoms with Gasteiger partial charge in [0, 0.05) is 29.7 Å². The lowest BCUT2D eigenvalue weighted by molar-refractivity contribution is 0.423. The standard InChI is InChI=1S/C17H33N3S/c1-6-14(5)21-13-16(18-9-4)12-15-10-11-20(19-15)17(7-2)8-3/h10-11,14,16-18H,6-9,12-13H2,1-5H3. The van der Waals surface area contributed by atoms with Crippen LogP contribution < -0.4 is 5.32 Å². The summed E-state index contributed by atoms with van der Waals surface area (Å²) in [6.45, 7) is 12.3. The molecule has 122 valence electrons. The summed E-state index contributed by atoms with van der Waals surface area (Å²) in [4.78, 5) is 0. The fourth-order valence-corrected chi connectivity index (χ4v) is 3.51. The quantitative estimate of drug-likeness (QED) is 0.661. The fraction of sp³-hybridized carbons (Fsp3) is 0.824. The predicted molar refractivity (Wildman–Crippen MR) is 95.2 cm³/mol. The summed E-state index contributed by atoms with van der Waals surface area (Å²) in [6.07, 6.45) is 6.73. The Kier molecular flexibility index (Phi) is 9.09. The molecule has 0 saturated heterocycles. The number of nitrogens with one attached hydrogen (secondary N) is 1. The minimum absolute atomic E-state index is 0.527. The van der Waals surface area contributed by atoms with E-state index in [-0.39, 0.29) is 0 Å². The van der Waals surface area contributed by atoms with Crippen LogP contribution in [0.15, 0.2) is 12.3 Å². The number of likely N-dealkylation sites (N-methyl/N-ethyl adjacent to an activating group) is 1. The highest BCUT2D eigenvalue weighted by Gasteiger charge is 2.14. The molecule has 0 aromatic carbocycles. The molecule has 21 heavy (non-hydrogen) atoms. The molecule has 0 aliphatic carbocycles. The lowest BCUT2D eigenvalue weighted by Crippen LogP contribution is -2.34. The molecule has 1 rings (SSSR count). The topological polar surface area (TPSA) is 29.9 Å². The van der Waals surface area contributed by atoms with Crippen molar-refractivity contribution >= 4 is 11.8 Å². The van der Waals surface area contributed by atoms with Crippen molar-refractivity contribution in [3.63, 3.8) is 0 Å². The molecule has 4 heteroatoms. The van der Waals surface area contributed by atoms with E-state index in [2.05, 4.69) is 68.6 Å². The first-order chi connectivity index (χ1) is 10.1. The van der Waals surface area contributed by atoms with Crippen LogP contribution in [-0.4, -0.2) is 33.4 Å². The van der Waals surface area contributed by atoms with Crippen molar-refractivity contribution in [3.8, 4) is 0 Å². The Hall–Kier alpha value is -0.480. The van der Waals surface area contributed by atoms with E-state index in [9.17, 15) is 0 Å². The smallest absolute Gasteiger partial charge is 0.0640 e. The van der Waals surface area contributed by atoms with Crippen molar-refractivity contribution in [2.75, 3.05) is 12.3 Å². The van der Waals surface area contributed by atoms with Gasteiger partial charge in [-0.25, -0.2) is 0 Å². The lowest BCUT2D eigenvalue weighted by atomic mass is 10.2. The van der Waals surface area contributed by atoms with Crippen molar-refractivity contribution in [2.45, 2.75) is 77.6 Å². The minimum Gasteiger partial charge on any atom is -0.313 e. The van der Waals surface area contributed by atoms with Gasteiger partial charge in [-0.2, -0.15) is 16.9 Å². The van der Waals surface area contributed by atoms with E-state index < -0.39 is 0 Å². The summed E-state index contributed by atoms with van der Waals surface area (Å²) in [5, 5.41) is 9.14. The van der Waals surface area contributed by atoms with E-state index in [0.717, 1.165) is 31.1 Å². The van der Waals surface area contributed by atoms with Gasteiger partial charge in [-0.1, -0.05) is 34.6 Å². The Morgan fingerprint density at radius 1 is 1.19 bits per heavy atom. The van der Waals surface area contributed by atoms with Gasteiger partial charge in [0.1, 0.15) is 0 Å². The van der Waals surface area contributed by atoms with Crippen LogP contribution in [0.5, 0.6) is 0 Å². The maximum atomic E-state index is 4.79. The molecule has 1 aromatic rings. The lowest BCUT2D eigenvalue weighted by Gasteiger charge is -2.19. The maximum absolute atomic E-state index is 4.79. The van der Waals surface area contributed by atoms with Crippen LogP contribution in [0.3, 0.4) is 0 Å². The first kappa shape index (κ1) is 18.6. The SMILES string of the molecule is CCNC(CSC(C)CC)Cc1ccn(C(CC)CC)n1. The fourth-order valence-electron chi connectivity index (χ4n) is 2.48. The van der Waals surface area contributed by atoms with Crippen molar-refractivity contribution in [1.29, 1.82) is 0 Å². The van der Waals surface area contributed by atoms with E-state index in [0.29, 0.717) is 12.1 Å². The van der Waals surface area contributed by atoms with Gasteiger partial charge in [0.05, 0.1) is 11.7 Å². The highest BCUT2D eigenvalue weighted by molar-refractivity contribution is 7.99. The molecule has 0 amide bonds. The third-order valence-corrected chi connectivity index (χ3v) is 5.58. The molecule has 2 atom stereocenters. The highest BCUT2D eigenvalue weighted by atomic mass is 32.2. The first-order valence-corrected chi connectivity index (χ1v) is 9.58. The molecule has 0 radical (unpaired) electrons. The van der Waals surface area contributed by atoms with E-state index >= 15 is 0 Å². The number of hydrogen-bond acceptors (Lipinski definition) is 3. The van der Waals surface area contributed by atoms with Crippen LogP contribution in [-0.2, 0) is 6.42 Å². The molecule has 0 aliphatic heterocycles. The summed E-state index contributed by atoms with van der Waals surface area (Å²) in [5.74, 6) is 1.17. The van der Waals surface area contributed by atoms with E-state index in [1.165, 1.54) is 17.9 Å². The zero-order valence-corrected chi connectivity index (χ0v) is 15.2. The Morgan fingerprint density at radius 2 is 1.90 bits per heavy atom. The second-order valence-corrected chi connectivity index (χ2v) is 7.24. The van der Waals surface area contributed by atoms with Gasteiger partial charge < -0.3 is 5.32 Å². The van der Waals surface area contributed by atoms with Crippen LogP contribution >= 0.6 is 11.8 Å². The number of hydrogen-bond donors (Lipinski definition) is 1. The largest absolute Gasteiger partial charge is 0.313 e. The predicted octanol–water partition coefficient (Wildman–Crippen LogP) is 4.30. The minimum atomic E-state index is 0.527. The van der Waals surface area contributed by atoms with Crippen molar-refractivity contribution in [3.05, 3.63) is 18.0 Å². The Morgan fingerprint density at radius 3 is 2.48 bits per heavy atom. The van der Waals surface area contributed by atoms with Gasteiger partial charge in [0.2, 0.25) is 0 Å². The van der Waals surface area contributed by atoms with E-state index in [1.807, 2.05) is 0 Å². The molecule has 1 N–H and O–H groups in total. The average molecular weight is 312 g/mol. The third-order valence-electron chi connectivity index (χ3n) is 4.09. The number of thioether (sulfide) groups is 1. The van der Waals surface area contributed by atoms with E-state index in [1.54, 1.807) is 0 Å². The summed E-state index contributed by atoms with van der Waals surface area (Å²) in [7, 11) is 0. The molecule has 0 aliphatic rings. The van der Waals surface area contributed by atoms with Crippen molar-refractivity contribution < 1.29 is 0 Å². The second kappa shape index (κ2) is 10.3. The molecular weight excluding hydrogens is 278 g/mol. The summed E-state index contributed by atoms with van der Waals surface area (Å²) >= 11 is 2.07. The molecule has 0 bridgehead atoms. The molecule has 3 nitrogen and oxygen atoms in total. The van der Waals surface area contributed by atoms with Crippen LogP contribution in [0.4, 0.5) is 0 Å². The molecule has 0 saturated carbocycles. The third kappa shape index (κ3) is 6.43. The summed E-state index contributed by atoms with van der Waals surface area (Å²) in [5.41, 5.74) is 1.22. The number of nitrogens with zero attached hydrogens (tertiary/aromatic N) is 2. The van der Waals surface area contributed by atoms with Crippen LogP contribution in [0.2, 0.25) is 0 Å². The molecule has 0 spiro atoms. The van der Waals surface area contributed by atoms with Crippen LogP contribution in [0.1, 0.15) is 65.6 Å². The Labute approximate surface area is 135 Å². The summed E-state index contributed by atoms with van der Waals surface area (Å²) in [6, 6.07) is 3.27.